The number of benzene rings is 1. The molecule has 27 heavy (non-hydrogen) atoms. The number of carbonyl (C=O) groups excluding carboxylic acids is 2. The van der Waals surface area contributed by atoms with Crippen molar-refractivity contribution in [3.05, 3.63) is 30.3 Å². The van der Waals surface area contributed by atoms with Crippen LogP contribution in [0.1, 0.15) is 26.2 Å². The molecule has 6 nitrogen and oxygen atoms in total. The number of piperazine rings is 1. The van der Waals surface area contributed by atoms with Gasteiger partial charge in [-0.2, -0.15) is 0 Å². The van der Waals surface area contributed by atoms with Crippen molar-refractivity contribution in [2.24, 2.45) is 5.92 Å². The molecule has 0 saturated carbocycles. The molecule has 1 N–H and O–H groups in total. The third-order valence-electron chi connectivity index (χ3n) is 5.13. The minimum atomic E-state index is -0.0620. The van der Waals surface area contributed by atoms with Crippen molar-refractivity contribution in [3.63, 3.8) is 0 Å². The van der Waals surface area contributed by atoms with E-state index in [1.165, 1.54) is 0 Å². The molecule has 1 aromatic rings. The van der Waals surface area contributed by atoms with Gasteiger partial charge in [0.1, 0.15) is 5.75 Å². The number of ether oxygens (including phenoxy) is 1. The quantitative estimate of drug-likeness (QED) is 0.827. The summed E-state index contributed by atoms with van der Waals surface area (Å²) in [6.45, 7) is 6.12. The molecule has 3 rings (SSSR count). The summed E-state index contributed by atoms with van der Waals surface area (Å²) in [5.41, 5.74) is 0. The van der Waals surface area contributed by atoms with E-state index < -0.39 is 0 Å². The van der Waals surface area contributed by atoms with E-state index in [0.29, 0.717) is 25.6 Å². The van der Waals surface area contributed by atoms with E-state index in [0.717, 1.165) is 44.8 Å². The summed E-state index contributed by atoms with van der Waals surface area (Å²) < 4.78 is 5.62. The van der Waals surface area contributed by atoms with Crippen LogP contribution in [0.15, 0.2) is 30.3 Å². The fourth-order valence-electron chi connectivity index (χ4n) is 3.73. The van der Waals surface area contributed by atoms with E-state index in [2.05, 4.69) is 12.2 Å². The Morgan fingerprint density at radius 3 is 2.67 bits per heavy atom. The highest BCUT2D eigenvalue weighted by Gasteiger charge is 2.32. The van der Waals surface area contributed by atoms with Gasteiger partial charge in [-0.25, -0.2) is 0 Å². The van der Waals surface area contributed by atoms with Crippen LogP contribution >= 0.6 is 12.4 Å². The summed E-state index contributed by atoms with van der Waals surface area (Å²) in [5, 5.41) is 3.36. The van der Waals surface area contributed by atoms with Gasteiger partial charge in [0.15, 0.2) is 0 Å². The number of para-hydroxylation sites is 1. The van der Waals surface area contributed by atoms with Crippen LogP contribution in [0.4, 0.5) is 0 Å². The molecule has 2 aliphatic heterocycles. The van der Waals surface area contributed by atoms with E-state index in [1.54, 1.807) is 0 Å². The maximum Gasteiger partial charge on any atom is 0.227 e. The van der Waals surface area contributed by atoms with Crippen molar-refractivity contribution in [1.82, 2.24) is 15.1 Å². The standard InChI is InChI=1S/C20H29N3O3.ClH/c1-16-14-23(12-10-21-16)20(25)17-6-5-11-22(15-17)19(24)9-13-26-18-7-3-2-4-8-18;/h2-4,7-8,16-17,21H,5-6,9-15H2,1H3;1H. The third kappa shape index (κ3) is 6.11. The maximum absolute atomic E-state index is 12.8. The predicted octanol–water partition coefficient (Wildman–Crippen LogP) is 1.94. The number of hydrogen-bond donors (Lipinski definition) is 1. The molecule has 0 aromatic heterocycles. The molecule has 1 aromatic carbocycles. The van der Waals surface area contributed by atoms with Crippen molar-refractivity contribution in [2.75, 3.05) is 39.3 Å². The lowest BCUT2D eigenvalue weighted by molar-refractivity contribution is -0.141. The summed E-state index contributed by atoms with van der Waals surface area (Å²) in [7, 11) is 0. The fourth-order valence-corrected chi connectivity index (χ4v) is 3.73. The van der Waals surface area contributed by atoms with Crippen LogP contribution < -0.4 is 10.1 Å². The molecule has 2 fully saturated rings. The average molecular weight is 396 g/mol. The number of likely N-dealkylation sites (tertiary alicyclic amines) is 1. The second kappa shape index (κ2) is 10.5. The largest absolute Gasteiger partial charge is 0.493 e. The van der Waals surface area contributed by atoms with Crippen LogP contribution in [-0.2, 0) is 9.59 Å². The lowest BCUT2D eigenvalue weighted by Crippen LogP contribution is -2.54. The molecular weight excluding hydrogens is 366 g/mol. The Balaban J connectivity index is 0.00000261. The van der Waals surface area contributed by atoms with E-state index in [1.807, 2.05) is 40.1 Å². The number of nitrogens with one attached hydrogen (secondary N) is 1. The van der Waals surface area contributed by atoms with Gasteiger partial charge < -0.3 is 19.9 Å². The number of piperidine rings is 1. The Hall–Kier alpha value is -1.79. The van der Waals surface area contributed by atoms with Gasteiger partial charge in [-0.3, -0.25) is 9.59 Å². The zero-order valence-electron chi connectivity index (χ0n) is 15.9. The van der Waals surface area contributed by atoms with Crippen LogP contribution in [0.2, 0.25) is 0 Å². The molecule has 2 saturated heterocycles. The van der Waals surface area contributed by atoms with E-state index >= 15 is 0 Å². The highest BCUT2D eigenvalue weighted by molar-refractivity contribution is 5.85. The number of nitrogens with zero attached hydrogens (tertiary/aromatic N) is 2. The first-order valence-electron chi connectivity index (χ1n) is 9.61. The molecule has 2 unspecified atom stereocenters. The number of rotatable bonds is 5. The first-order valence-corrected chi connectivity index (χ1v) is 9.61. The Labute approximate surface area is 167 Å². The lowest BCUT2D eigenvalue weighted by atomic mass is 9.95. The first kappa shape index (κ1) is 21.5. The Morgan fingerprint density at radius 2 is 1.93 bits per heavy atom. The third-order valence-corrected chi connectivity index (χ3v) is 5.13. The van der Waals surface area contributed by atoms with Gasteiger partial charge in [0.25, 0.3) is 0 Å². The Kier molecular flexibility index (Phi) is 8.38. The molecular formula is C20H30ClN3O3. The van der Waals surface area contributed by atoms with E-state index in [-0.39, 0.29) is 30.1 Å². The number of hydrogen-bond acceptors (Lipinski definition) is 4. The van der Waals surface area contributed by atoms with Crippen molar-refractivity contribution >= 4 is 24.2 Å². The van der Waals surface area contributed by atoms with Crippen molar-refractivity contribution in [3.8, 4) is 5.75 Å². The molecule has 2 amide bonds. The summed E-state index contributed by atoms with van der Waals surface area (Å²) in [4.78, 5) is 29.1. The fraction of sp³-hybridized carbons (Fsp3) is 0.600. The molecule has 0 radical (unpaired) electrons. The minimum absolute atomic E-state index is 0. The molecule has 0 aliphatic carbocycles. The molecule has 150 valence electrons. The van der Waals surface area contributed by atoms with Gasteiger partial charge in [-0.1, -0.05) is 18.2 Å². The molecule has 0 bridgehead atoms. The minimum Gasteiger partial charge on any atom is -0.493 e. The Morgan fingerprint density at radius 1 is 1.15 bits per heavy atom. The zero-order valence-corrected chi connectivity index (χ0v) is 16.7. The topological polar surface area (TPSA) is 61.9 Å². The van der Waals surface area contributed by atoms with Gasteiger partial charge in [-0.05, 0) is 31.9 Å². The normalized spacial score (nSPS) is 22.7. The van der Waals surface area contributed by atoms with Crippen LogP contribution in [0.3, 0.4) is 0 Å². The Bertz CT molecular complexity index is 614. The van der Waals surface area contributed by atoms with Crippen LogP contribution in [0.5, 0.6) is 5.75 Å². The summed E-state index contributed by atoms with van der Waals surface area (Å²) in [5.74, 6) is 0.997. The lowest BCUT2D eigenvalue weighted by Gasteiger charge is -2.38. The second-order valence-electron chi connectivity index (χ2n) is 7.23. The summed E-state index contributed by atoms with van der Waals surface area (Å²) in [6, 6.07) is 9.86. The monoisotopic (exact) mass is 395 g/mol. The number of carbonyl (C=O) groups is 2. The highest BCUT2D eigenvalue weighted by Crippen LogP contribution is 2.20. The molecule has 2 aliphatic rings. The molecule has 2 heterocycles. The number of amides is 2. The SMILES string of the molecule is CC1CN(C(=O)C2CCCN(C(=O)CCOc3ccccc3)C2)CCN1.Cl. The predicted molar refractivity (Wildman–Crippen MR) is 107 cm³/mol. The second-order valence-corrected chi connectivity index (χ2v) is 7.23. The van der Waals surface area contributed by atoms with Gasteiger partial charge >= 0.3 is 0 Å². The van der Waals surface area contributed by atoms with Crippen LogP contribution in [0.25, 0.3) is 0 Å². The van der Waals surface area contributed by atoms with Crippen molar-refractivity contribution < 1.29 is 14.3 Å². The first-order chi connectivity index (χ1) is 12.6. The summed E-state index contributed by atoms with van der Waals surface area (Å²) in [6.07, 6.45) is 2.12. The van der Waals surface area contributed by atoms with E-state index in [4.69, 9.17) is 4.74 Å². The van der Waals surface area contributed by atoms with Gasteiger partial charge in [0.05, 0.1) is 18.9 Å². The van der Waals surface area contributed by atoms with Gasteiger partial charge in [-0.15, -0.1) is 12.4 Å². The highest BCUT2D eigenvalue weighted by atomic mass is 35.5. The van der Waals surface area contributed by atoms with Crippen LogP contribution in [-0.4, -0.2) is 67.0 Å². The van der Waals surface area contributed by atoms with Gasteiger partial charge in [0.2, 0.25) is 11.8 Å². The molecule has 2 atom stereocenters. The maximum atomic E-state index is 12.8. The van der Waals surface area contributed by atoms with Crippen molar-refractivity contribution in [1.29, 1.82) is 0 Å². The summed E-state index contributed by atoms with van der Waals surface area (Å²) >= 11 is 0. The zero-order chi connectivity index (χ0) is 18.4. The molecule has 7 heteroatoms. The van der Waals surface area contributed by atoms with E-state index in [9.17, 15) is 9.59 Å². The van der Waals surface area contributed by atoms with Crippen molar-refractivity contribution in [2.45, 2.75) is 32.2 Å². The number of halogens is 1. The average Bonchev–Trinajstić information content (AvgIpc) is 2.68. The van der Waals surface area contributed by atoms with Crippen LogP contribution in [0, 0.1) is 5.92 Å². The molecule has 0 spiro atoms. The van der Waals surface area contributed by atoms with Gasteiger partial charge in [0, 0.05) is 38.8 Å². The smallest absolute Gasteiger partial charge is 0.227 e.